The van der Waals surface area contributed by atoms with Crippen LogP contribution in [-0.2, 0) is 33.2 Å². The number of aliphatic hydroxyl groups is 8. The van der Waals surface area contributed by atoms with Gasteiger partial charge in [0, 0.05) is 13.5 Å². The Hall–Kier alpha value is -0.890. The number of aldehydes is 1. The summed E-state index contributed by atoms with van der Waals surface area (Å²) in [6, 6.07) is 0. The zero-order chi connectivity index (χ0) is 25.2. The van der Waals surface area contributed by atoms with E-state index in [9.17, 15) is 45.6 Å². The van der Waals surface area contributed by atoms with Crippen LogP contribution in [0.5, 0.6) is 0 Å². The molecule has 0 aromatic carbocycles. The first kappa shape index (κ1) is 27.7. The SMILES string of the molecule is CO[C@@H]1O[C@H](CO)[C@@H](O[C@@H]2O[C@H](CO)[C@@H](O[C@H]3C[C@@H](O)[C@@H](O)[C@@H](C=O)O3)[C@H](O)[C@H]2O)[C@H](O)[C@H]1O. The van der Waals surface area contributed by atoms with Gasteiger partial charge in [-0.1, -0.05) is 0 Å². The minimum Gasteiger partial charge on any atom is -0.394 e. The molecule has 34 heavy (non-hydrogen) atoms. The fourth-order valence-electron chi connectivity index (χ4n) is 4.15. The maximum Gasteiger partial charge on any atom is 0.187 e. The van der Waals surface area contributed by atoms with E-state index in [1.807, 2.05) is 0 Å². The number of hydrogen-bond acceptors (Lipinski definition) is 15. The number of hydrogen-bond donors (Lipinski definition) is 8. The normalized spacial score (nSPS) is 50.1. The molecule has 14 atom stereocenters. The van der Waals surface area contributed by atoms with Crippen LogP contribution in [0.4, 0.5) is 0 Å². The average Bonchev–Trinajstić information content (AvgIpc) is 2.83. The molecule has 3 aliphatic heterocycles. The van der Waals surface area contributed by atoms with Gasteiger partial charge in [0.15, 0.2) is 25.2 Å². The smallest absolute Gasteiger partial charge is 0.187 e. The molecule has 8 N–H and O–H groups in total. The van der Waals surface area contributed by atoms with E-state index in [1.165, 1.54) is 7.11 Å². The van der Waals surface area contributed by atoms with Crippen LogP contribution >= 0.6 is 0 Å². The van der Waals surface area contributed by atoms with Gasteiger partial charge < -0.3 is 74.1 Å². The lowest BCUT2D eigenvalue weighted by molar-refractivity contribution is -0.370. The molecule has 15 nitrogen and oxygen atoms in total. The quantitative estimate of drug-likeness (QED) is 0.145. The molecule has 3 rings (SSSR count). The van der Waals surface area contributed by atoms with Crippen molar-refractivity contribution in [2.24, 2.45) is 0 Å². The van der Waals surface area contributed by atoms with Crippen molar-refractivity contribution in [3.05, 3.63) is 0 Å². The van der Waals surface area contributed by atoms with E-state index in [0.29, 0.717) is 0 Å². The fourth-order valence-corrected chi connectivity index (χ4v) is 4.15. The third-order valence-corrected chi connectivity index (χ3v) is 6.08. The molecule has 3 fully saturated rings. The Bertz CT molecular complexity index is 649. The Labute approximate surface area is 193 Å². The lowest BCUT2D eigenvalue weighted by Crippen LogP contribution is -2.65. The third-order valence-electron chi connectivity index (χ3n) is 6.08. The second-order valence-corrected chi connectivity index (χ2v) is 8.31. The lowest BCUT2D eigenvalue weighted by Gasteiger charge is -2.47. The first-order valence-electron chi connectivity index (χ1n) is 10.7. The Morgan fingerprint density at radius 1 is 0.765 bits per heavy atom. The van der Waals surface area contributed by atoms with Crippen LogP contribution in [-0.4, -0.2) is 153 Å². The minimum absolute atomic E-state index is 0.273. The van der Waals surface area contributed by atoms with Crippen molar-refractivity contribution < 1.29 is 74.1 Å². The van der Waals surface area contributed by atoms with Crippen LogP contribution < -0.4 is 0 Å². The van der Waals surface area contributed by atoms with Gasteiger partial charge in [-0.25, -0.2) is 0 Å². The van der Waals surface area contributed by atoms with Gasteiger partial charge in [-0.15, -0.1) is 0 Å². The van der Waals surface area contributed by atoms with Gasteiger partial charge in [-0.05, 0) is 0 Å². The summed E-state index contributed by atoms with van der Waals surface area (Å²) in [4.78, 5) is 11.1. The van der Waals surface area contributed by atoms with Crippen molar-refractivity contribution in [1.29, 1.82) is 0 Å². The fraction of sp³-hybridized carbons (Fsp3) is 0.947. The predicted molar refractivity (Wildman–Crippen MR) is 104 cm³/mol. The number of methoxy groups -OCH3 is 1. The van der Waals surface area contributed by atoms with Gasteiger partial charge in [0.2, 0.25) is 0 Å². The molecule has 0 aromatic heterocycles. The number of rotatable bonds is 8. The summed E-state index contributed by atoms with van der Waals surface area (Å²) in [5, 5.41) is 80.7. The van der Waals surface area contributed by atoms with Gasteiger partial charge in [0.25, 0.3) is 0 Å². The van der Waals surface area contributed by atoms with Gasteiger partial charge in [-0.2, -0.15) is 0 Å². The first-order chi connectivity index (χ1) is 16.2. The highest BCUT2D eigenvalue weighted by Crippen LogP contribution is 2.32. The van der Waals surface area contributed by atoms with Crippen LogP contribution in [0.2, 0.25) is 0 Å². The summed E-state index contributed by atoms with van der Waals surface area (Å²) in [5.41, 5.74) is 0. The molecular weight excluding hydrogens is 468 g/mol. The van der Waals surface area contributed by atoms with Crippen LogP contribution in [0, 0.1) is 0 Å². The maximum atomic E-state index is 11.1. The van der Waals surface area contributed by atoms with Crippen molar-refractivity contribution in [3.8, 4) is 0 Å². The van der Waals surface area contributed by atoms with Crippen molar-refractivity contribution in [2.45, 2.75) is 92.4 Å². The van der Waals surface area contributed by atoms with E-state index in [1.54, 1.807) is 0 Å². The second kappa shape index (κ2) is 11.9. The van der Waals surface area contributed by atoms with E-state index in [-0.39, 0.29) is 12.7 Å². The van der Waals surface area contributed by atoms with Gasteiger partial charge >= 0.3 is 0 Å². The molecule has 0 amide bonds. The average molecular weight is 500 g/mol. The van der Waals surface area contributed by atoms with Crippen LogP contribution in [0.3, 0.4) is 0 Å². The molecule has 0 aliphatic carbocycles. The molecule has 15 heteroatoms. The molecule has 0 radical (unpaired) electrons. The largest absolute Gasteiger partial charge is 0.394 e. The monoisotopic (exact) mass is 500 g/mol. The summed E-state index contributed by atoms with van der Waals surface area (Å²) in [5.74, 6) is 0. The van der Waals surface area contributed by atoms with Gasteiger partial charge in [0.05, 0.1) is 19.3 Å². The highest BCUT2D eigenvalue weighted by atomic mass is 16.8. The van der Waals surface area contributed by atoms with Crippen molar-refractivity contribution >= 4 is 6.29 Å². The molecule has 3 aliphatic rings. The Balaban J connectivity index is 1.69. The zero-order valence-corrected chi connectivity index (χ0v) is 18.2. The molecule has 3 saturated heterocycles. The predicted octanol–water partition coefficient (Wildman–Crippen LogP) is -5.68. The maximum absolute atomic E-state index is 11.1. The molecule has 0 spiro atoms. The number of carbonyl (C=O) groups excluding carboxylic acids is 1. The Kier molecular flexibility index (Phi) is 9.69. The third kappa shape index (κ3) is 5.58. The van der Waals surface area contributed by atoms with E-state index in [0.717, 1.165) is 0 Å². The number of ether oxygens (including phenoxy) is 6. The summed E-state index contributed by atoms with van der Waals surface area (Å²) in [6.07, 6.45) is -20.5. The Morgan fingerprint density at radius 3 is 1.82 bits per heavy atom. The van der Waals surface area contributed by atoms with Crippen LogP contribution in [0.15, 0.2) is 0 Å². The summed E-state index contributed by atoms with van der Waals surface area (Å²) in [6.45, 7) is -1.38. The molecule has 198 valence electrons. The lowest BCUT2D eigenvalue weighted by atomic mass is 9.96. The second-order valence-electron chi connectivity index (χ2n) is 8.31. The zero-order valence-electron chi connectivity index (χ0n) is 18.2. The summed E-state index contributed by atoms with van der Waals surface area (Å²) >= 11 is 0. The topological polar surface area (TPSA) is 234 Å². The van der Waals surface area contributed by atoms with Crippen molar-refractivity contribution in [2.75, 3.05) is 20.3 Å². The van der Waals surface area contributed by atoms with Gasteiger partial charge in [-0.3, -0.25) is 0 Å². The van der Waals surface area contributed by atoms with Crippen LogP contribution in [0.25, 0.3) is 0 Å². The van der Waals surface area contributed by atoms with E-state index >= 15 is 0 Å². The molecule has 0 bridgehead atoms. The molecule has 3 heterocycles. The van der Waals surface area contributed by atoms with Crippen molar-refractivity contribution in [3.63, 3.8) is 0 Å². The standard InChI is InChI=1S/C19H32O15/c1-29-18-14(27)12(25)17(9(5-22)31-18)34-19-15(28)13(26)16(8(4-21)32-19)33-10-2-6(23)11(24)7(3-20)30-10/h3,6-19,21-28H,2,4-5H2,1H3/t6-,7-,8-,9-,10+,11-,12-,13-,14-,15-,16-,17-,18-,19+/m1/s1. The molecular formula is C19H32O15. The van der Waals surface area contributed by atoms with E-state index < -0.39 is 99.2 Å². The van der Waals surface area contributed by atoms with Crippen LogP contribution in [0.1, 0.15) is 6.42 Å². The highest BCUT2D eigenvalue weighted by Gasteiger charge is 2.52. The minimum atomic E-state index is -1.81. The summed E-state index contributed by atoms with van der Waals surface area (Å²) in [7, 11) is 1.22. The highest BCUT2D eigenvalue weighted by molar-refractivity contribution is 5.57. The number of aliphatic hydroxyl groups excluding tert-OH is 8. The summed E-state index contributed by atoms with van der Waals surface area (Å²) < 4.78 is 32.0. The molecule has 0 unspecified atom stereocenters. The van der Waals surface area contributed by atoms with E-state index in [4.69, 9.17) is 28.4 Å². The number of carbonyl (C=O) groups is 1. The van der Waals surface area contributed by atoms with Crippen molar-refractivity contribution in [1.82, 2.24) is 0 Å². The molecule has 0 aromatic rings. The first-order valence-corrected chi connectivity index (χ1v) is 10.7. The van der Waals surface area contributed by atoms with Gasteiger partial charge in [0.1, 0.15) is 61.0 Å². The molecule has 0 saturated carbocycles. The Morgan fingerprint density at radius 2 is 1.29 bits per heavy atom. The van der Waals surface area contributed by atoms with E-state index in [2.05, 4.69) is 0 Å².